The maximum absolute atomic E-state index is 13.2. The highest BCUT2D eigenvalue weighted by atomic mass is 32.2. The summed E-state index contributed by atoms with van der Waals surface area (Å²) < 4.78 is 5.47. The van der Waals surface area contributed by atoms with Crippen molar-refractivity contribution in [3.8, 4) is 0 Å². The van der Waals surface area contributed by atoms with Crippen molar-refractivity contribution in [2.75, 3.05) is 17.2 Å². The molecular formula is C25H24N2O3S. The summed E-state index contributed by atoms with van der Waals surface area (Å²) in [5.74, 6) is -0.940. The van der Waals surface area contributed by atoms with E-state index in [1.807, 2.05) is 79.7 Å². The lowest BCUT2D eigenvalue weighted by molar-refractivity contribution is -0.152. The molecule has 1 aliphatic heterocycles. The summed E-state index contributed by atoms with van der Waals surface area (Å²) in [6.45, 7) is 1.64. The van der Waals surface area contributed by atoms with Crippen molar-refractivity contribution in [1.29, 1.82) is 0 Å². The highest BCUT2D eigenvalue weighted by Gasteiger charge is 2.29. The molecule has 158 valence electrons. The molecule has 3 aromatic rings. The first-order valence-electron chi connectivity index (χ1n) is 10.3. The number of benzene rings is 3. The second-order valence-corrected chi connectivity index (χ2v) is 8.51. The second-order valence-electron chi connectivity index (χ2n) is 7.43. The molecule has 0 aromatic heterocycles. The van der Waals surface area contributed by atoms with Crippen LogP contribution in [0.1, 0.15) is 18.9 Å². The van der Waals surface area contributed by atoms with Crippen LogP contribution in [0.15, 0.2) is 82.6 Å². The number of hydrogen-bond acceptors (Lipinski definition) is 5. The van der Waals surface area contributed by atoms with Gasteiger partial charge in [0.25, 0.3) is 5.91 Å². The molecule has 0 unspecified atom stereocenters. The molecule has 1 aliphatic rings. The number of amides is 1. The molecule has 31 heavy (non-hydrogen) atoms. The van der Waals surface area contributed by atoms with Gasteiger partial charge in [-0.1, -0.05) is 55.1 Å². The van der Waals surface area contributed by atoms with E-state index in [1.54, 1.807) is 16.7 Å². The third kappa shape index (κ3) is 4.59. The predicted molar refractivity (Wildman–Crippen MR) is 123 cm³/mol. The van der Waals surface area contributed by atoms with Crippen molar-refractivity contribution >= 4 is 40.7 Å². The van der Waals surface area contributed by atoms with E-state index in [0.29, 0.717) is 18.5 Å². The fraction of sp³-hybridized carbons (Fsp3) is 0.200. The van der Waals surface area contributed by atoms with Crippen molar-refractivity contribution in [1.82, 2.24) is 0 Å². The number of esters is 1. The van der Waals surface area contributed by atoms with Crippen LogP contribution in [0.3, 0.4) is 0 Å². The standard InChI is InChI=1S/C25H24N2O3S/c1-2-18(15-17-11-13-19(26)14-12-17)25(29)30-16-24(28)27-20-7-3-5-9-22(20)31-23-10-6-4-8-21(23)27/h3-14,18H,2,15-16,26H2,1H3/t18-/m0/s1. The number of rotatable bonds is 6. The van der Waals surface area contributed by atoms with Crippen molar-refractivity contribution < 1.29 is 14.3 Å². The van der Waals surface area contributed by atoms with E-state index in [-0.39, 0.29) is 24.4 Å². The first-order chi connectivity index (χ1) is 15.1. The van der Waals surface area contributed by atoms with E-state index >= 15 is 0 Å². The van der Waals surface area contributed by atoms with E-state index in [9.17, 15) is 9.59 Å². The van der Waals surface area contributed by atoms with Crippen LogP contribution in [-0.2, 0) is 20.7 Å². The lowest BCUT2D eigenvalue weighted by atomic mass is 9.97. The molecular weight excluding hydrogens is 408 g/mol. The zero-order valence-corrected chi connectivity index (χ0v) is 18.1. The van der Waals surface area contributed by atoms with Gasteiger partial charge in [-0.15, -0.1) is 0 Å². The molecule has 5 nitrogen and oxygen atoms in total. The molecule has 1 amide bonds. The smallest absolute Gasteiger partial charge is 0.309 e. The normalized spacial score (nSPS) is 13.1. The number of nitrogens with two attached hydrogens (primary N) is 1. The molecule has 0 saturated carbocycles. The number of nitrogens with zero attached hydrogens (tertiary/aromatic N) is 1. The van der Waals surface area contributed by atoms with Crippen LogP contribution in [0.5, 0.6) is 0 Å². The number of para-hydroxylation sites is 2. The van der Waals surface area contributed by atoms with Gasteiger partial charge in [0, 0.05) is 15.5 Å². The third-order valence-corrected chi connectivity index (χ3v) is 6.44. The molecule has 0 fully saturated rings. The molecule has 0 bridgehead atoms. The first kappa shape index (κ1) is 21.0. The number of anilines is 3. The minimum atomic E-state index is -0.361. The highest BCUT2D eigenvalue weighted by Crippen LogP contribution is 2.47. The molecule has 1 atom stereocenters. The number of carbonyl (C=O) groups excluding carboxylic acids is 2. The molecule has 0 saturated heterocycles. The Morgan fingerprint density at radius 3 is 2.10 bits per heavy atom. The van der Waals surface area contributed by atoms with Gasteiger partial charge in [0.1, 0.15) is 0 Å². The van der Waals surface area contributed by atoms with Crippen LogP contribution in [0.25, 0.3) is 0 Å². The Bertz CT molecular complexity index is 1050. The Kier molecular flexibility index (Phi) is 6.28. The predicted octanol–water partition coefficient (Wildman–Crippen LogP) is 5.21. The fourth-order valence-corrected chi connectivity index (χ4v) is 4.68. The Morgan fingerprint density at radius 1 is 0.935 bits per heavy atom. The molecule has 0 spiro atoms. The van der Waals surface area contributed by atoms with Crippen molar-refractivity contribution in [3.05, 3.63) is 78.4 Å². The van der Waals surface area contributed by atoms with Gasteiger partial charge in [-0.25, -0.2) is 0 Å². The summed E-state index contributed by atoms with van der Waals surface area (Å²) in [6, 6.07) is 23.0. The molecule has 0 aliphatic carbocycles. The quantitative estimate of drug-likeness (QED) is 0.428. The van der Waals surface area contributed by atoms with Crippen LogP contribution in [-0.4, -0.2) is 18.5 Å². The fourth-order valence-electron chi connectivity index (χ4n) is 3.62. The van der Waals surface area contributed by atoms with E-state index in [1.165, 1.54) is 0 Å². The number of carbonyl (C=O) groups is 2. The number of hydrogen-bond donors (Lipinski definition) is 1. The maximum atomic E-state index is 13.2. The second kappa shape index (κ2) is 9.27. The molecule has 3 aromatic carbocycles. The number of fused-ring (bicyclic) bond motifs is 2. The van der Waals surface area contributed by atoms with Gasteiger partial charge in [-0.3, -0.25) is 14.5 Å². The van der Waals surface area contributed by atoms with E-state index < -0.39 is 0 Å². The van der Waals surface area contributed by atoms with Crippen LogP contribution >= 0.6 is 11.8 Å². The van der Waals surface area contributed by atoms with Gasteiger partial charge in [-0.2, -0.15) is 0 Å². The number of ether oxygens (including phenoxy) is 1. The van der Waals surface area contributed by atoms with E-state index in [0.717, 1.165) is 26.7 Å². The summed E-state index contributed by atoms with van der Waals surface area (Å²) in [6.07, 6.45) is 1.18. The monoisotopic (exact) mass is 432 g/mol. The molecule has 4 rings (SSSR count). The summed E-state index contributed by atoms with van der Waals surface area (Å²) in [5.41, 5.74) is 9.05. The average Bonchev–Trinajstić information content (AvgIpc) is 2.80. The lowest BCUT2D eigenvalue weighted by Gasteiger charge is -2.31. The SMILES string of the molecule is CC[C@@H](Cc1ccc(N)cc1)C(=O)OCC(=O)N1c2ccccc2Sc2ccccc21. The van der Waals surface area contributed by atoms with Crippen LogP contribution in [0.2, 0.25) is 0 Å². The van der Waals surface area contributed by atoms with Crippen molar-refractivity contribution in [2.45, 2.75) is 29.6 Å². The third-order valence-electron chi connectivity index (χ3n) is 5.31. The molecule has 2 N–H and O–H groups in total. The Hall–Kier alpha value is -3.25. The largest absolute Gasteiger partial charge is 0.455 e. The zero-order valence-electron chi connectivity index (χ0n) is 17.3. The molecule has 0 radical (unpaired) electrons. The summed E-state index contributed by atoms with van der Waals surface area (Å²) in [4.78, 5) is 29.5. The zero-order chi connectivity index (χ0) is 21.8. The minimum absolute atomic E-state index is 0.268. The average molecular weight is 433 g/mol. The van der Waals surface area contributed by atoms with Crippen LogP contribution in [0, 0.1) is 5.92 Å². The summed E-state index contributed by atoms with van der Waals surface area (Å²) in [7, 11) is 0. The minimum Gasteiger partial charge on any atom is -0.455 e. The van der Waals surface area contributed by atoms with Gasteiger partial charge < -0.3 is 10.5 Å². The molecule has 1 heterocycles. The topological polar surface area (TPSA) is 72.6 Å². The van der Waals surface area contributed by atoms with Crippen molar-refractivity contribution in [2.24, 2.45) is 5.92 Å². The van der Waals surface area contributed by atoms with Crippen molar-refractivity contribution in [3.63, 3.8) is 0 Å². The Morgan fingerprint density at radius 2 is 1.52 bits per heavy atom. The lowest BCUT2D eigenvalue weighted by Crippen LogP contribution is -2.33. The van der Waals surface area contributed by atoms with Gasteiger partial charge in [0.15, 0.2) is 6.61 Å². The maximum Gasteiger partial charge on any atom is 0.309 e. The Labute approximate surface area is 186 Å². The van der Waals surface area contributed by atoms with Gasteiger partial charge >= 0.3 is 5.97 Å². The Balaban J connectivity index is 1.47. The highest BCUT2D eigenvalue weighted by molar-refractivity contribution is 7.99. The van der Waals surface area contributed by atoms with Crippen LogP contribution < -0.4 is 10.6 Å². The van der Waals surface area contributed by atoms with Crippen LogP contribution in [0.4, 0.5) is 17.1 Å². The molecule has 6 heteroatoms. The van der Waals surface area contributed by atoms with E-state index in [2.05, 4.69) is 0 Å². The van der Waals surface area contributed by atoms with E-state index in [4.69, 9.17) is 10.5 Å². The summed E-state index contributed by atoms with van der Waals surface area (Å²) in [5, 5.41) is 0. The van der Waals surface area contributed by atoms with Gasteiger partial charge in [0.05, 0.1) is 17.3 Å². The van der Waals surface area contributed by atoms with Gasteiger partial charge in [0.2, 0.25) is 0 Å². The summed E-state index contributed by atoms with van der Waals surface area (Å²) >= 11 is 1.63. The first-order valence-corrected chi connectivity index (χ1v) is 11.1. The number of nitrogen functional groups attached to an aromatic ring is 1. The van der Waals surface area contributed by atoms with Gasteiger partial charge in [-0.05, 0) is 54.8 Å².